The number of nitrogen functional groups attached to an aromatic ring is 1. The number of carbonyl (C=O) groups is 1. The van der Waals surface area contributed by atoms with E-state index in [2.05, 4.69) is 5.10 Å². The first kappa shape index (κ1) is 12.5. The van der Waals surface area contributed by atoms with Crippen LogP contribution in [0.15, 0.2) is 0 Å². The Balaban J connectivity index is 2.81. The van der Waals surface area contributed by atoms with Crippen molar-refractivity contribution in [3.8, 4) is 0 Å². The largest absolute Gasteiger partial charge is 0.434 e. The van der Waals surface area contributed by atoms with E-state index in [-0.39, 0.29) is 6.79 Å². The summed E-state index contributed by atoms with van der Waals surface area (Å²) in [5, 5.41) is 4.13. The highest BCUT2D eigenvalue weighted by atomic mass is 16.7. The fraction of sp³-hybridized carbons (Fsp3) is 0.600. The molecule has 1 heterocycles. The molecule has 0 aromatic carbocycles. The van der Waals surface area contributed by atoms with E-state index < -0.39 is 5.97 Å². The molecule has 0 bridgehead atoms. The fourth-order valence-corrected chi connectivity index (χ4v) is 1.29. The molecule has 0 radical (unpaired) electrons. The minimum Gasteiger partial charge on any atom is -0.434 e. The number of ether oxygens (including phenoxy) is 2. The third-order valence-electron chi connectivity index (χ3n) is 2.14. The number of nitrogens with two attached hydrogens (primary N) is 1. The number of hydrogen-bond acceptors (Lipinski definition) is 5. The third kappa shape index (κ3) is 2.52. The summed E-state index contributed by atoms with van der Waals surface area (Å²) in [7, 11) is 0. The quantitative estimate of drug-likeness (QED) is 0.460. The molecule has 0 aliphatic rings. The van der Waals surface area contributed by atoms with Gasteiger partial charge in [-0.25, -0.2) is 4.79 Å². The maximum atomic E-state index is 11.7. The number of hydrogen-bond donors (Lipinski definition) is 1. The number of aromatic nitrogens is 2. The average Bonchev–Trinajstić information content (AvgIpc) is 2.55. The van der Waals surface area contributed by atoms with Crippen molar-refractivity contribution in [3.05, 3.63) is 11.4 Å². The summed E-state index contributed by atoms with van der Waals surface area (Å²) in [6, 6.07) is 0. The van der Waals surface area contributed by atoms with Crippen LogP contribution in [0.4, 0.5) is 5.69 Å². The Bertz CT molecular complexity index is 374. The van der Waals surface area contributed by atoms with E-state index in [0.29, 0.717) is 30.2 Å². The highest BCUT2D eigenvalue weighted by molar-refractivity contribution is 5.93. The lowest BCUT2D eigenvalue weighted by molar-refractivity contribution is -0.0282. The van der Waals surface area contributed by atoms with Crippen molar-refractivity contribution in [2.75, 3.05) is 19.1 Å². The molecule has 90 valence electrons. The number of rotatable bonds is 5. The predicted octanol–water partition coefficient (Wildman–Crippen LogP) is 0.944. The molecule has 0 spiro atoms. The molecule has 0 aliphatic heterocycles. The normalized spacial score (nSPS) is 10.4. The van der Waals surface area contributed by atoms with Crippen LogP contribution in [0.3, 0.4) is 0 Å². The van der Waals surface area contributed by atoms with Crippen molar-refractivity contribution in [1.82, 2.24) is 9.78 Å². The second-order valence-electron chi connectivity index (χ2n) is 3.21. The summed E-state index contributed by atoms with van der Waals surface area (Å²) in [6.07, 6.45) is 0. The van der Waals surface area contributed by atoms with Crippen LogP contribution >= 0.6 is 0 Å². The highest BCUT2D eigenvalue weighted by Gasteiger charge is 2.20. The van der Waals surface area contributed by atoms with Gasteiger partial charge in [0.1, 0.15) is 0 Å². The molecule has 6 heteroatoms. The highest BCUT2D eigenvalue weighted by Crippen LogP contribution is 2.17. The molecule has 0 atom stereocenters. The standard InChI is InChI=1S/C10H17N3O3/c1-4-13-9(8(11)7(3)12-13)10(14)16-6-15-5-2/h4-6,11H2,1-3H3. The van der Waals surface area contributed by atoms with Gasteiger partial charge in [0.15, 0.2) is 12.5 Å². The molecule has 0 fully saturated rings. The number of anilines is 1. The van der Waals surface area contributed by atoms with Crippen molar-refractivity contribution >= 4 is 11.7 Å². The first-order valence-corrected chi connectivity index (χ1v) is 5.19. The first-order valence-electron chi connectivity index (χ1n) is 5.19. The molecular weight excluding hydrogens is 210 g/mol. The van der Waals surface area contributed by atoms with Crippen LogP contribution in [-0.2, 0) is 16.0 Å². The van der Waals surface area contributed by atoms with Crippen molar-refractivity contribution in [1.29, 1.82) is 0 Å². The van der Waals surface area contributed by atoms with Gasteiger partial charge in [-0.1, -0.05) is 0 Å². The average molecular weight is 227 g/mol. The molecule has 16 heavy (non-hydrogen) atoms. The maximum absolute atomic E-state index is 11.7. The maximum Gasteiger partial charge on any atom is 0.360 e. The number of aryl methyl sites for hydroxylation is 2. The first-order chi connectivity index (χ1) is 7.61. The molecule has 6 nitrogen and oxygen atoms in total. The monoisotopic (exact) mass is 227 g/mol. The van der Waals surface area contributed by atoms with Crippen LogP contribution in [0.5, 0.6) is 0 Å². The van der Waals surface area contributed by atoms with Crippen LogP contribution in [0, 0.1) is 6.92 Å². The zero-order valence-corrected chi connectivity index (χ0v) is 9.82. The molecule has 0 saturated heterocycles. The number of esters is 1. The van der Waals surface area contributed by atoms with E-state index in [4.69, 9.17) is 15.2 Å². The fourth-order valence-electron chi connectivity index (χ4n) is 1.29. The van der Waals surface area contributed by atoms with E-state index in [9.17, 15) is 4.79 Å². The number of nitrogens with zero attached hydrogens (tertiary/aromatic N) is 2. The van der Waals surface area contributed by atoms with Gasteiger partial charge in [0, 0.05) is 13.2 Å². The van der Waals surface area contributed by atoms with Crippen molar-refractivity contribution in [3.63, 3.8) is 0 Å². The molecule has 2 N–H and O–H groups in total. The second-order valence-corrected chi connectivity index (χ2v) is 3.21. The van der Waals surface area contributed by atoms with Crippen LogP contribution in [-0.4, -0.2) is 29.1 Å². The summed E-state index contributed by atoms with van der Waals surface area (Å²) in [5.41, 5.74) is 7.04. The Morgan fingerprint density at radius 1 is 1.50 bits per heavy atom. The van der Waals surface area contributed by atoms with Gasteiger partial charge in [-0.3, -0.25) is 4.68 Å². The summed E-state index contributed by atoms with van der Waals surface area (Å²) >= 11 is 0. The molecule has 0 aliphatic carbocycles. The van der Waals surface area contributed by atoms with Gasteiger partial charge >= 0.3 is 5.97 Å². The number of carbonyl (C=O) groups excluding carboxylic acids is 1. The Kier molecular flexibility index (Phi) is 4.30. The molecule has 0 saturated carbocycles. The predicted molar refractivity (Wildman–Crippen MR) is 59.0 cm³/mol. The summed E-state index contributed by atoms with van der Waals surface area (Å²) in [6.45, 7) is 6.45. The summed E-state index contributed by atoms with van der Waals surface area (Å²) < 4.78 is 11.4. The van der Waals surface area contributed by atoms with Gasteiger partial charge in [0.05, 0.1) is 11.4 Å². The van der Waals surface area contributed by atoms with Crippen molar-refractivity contribution in [2.24, 2.45) is 0 Å². The Labute approximate surface area is 94.3 Å². The molecule has 1 aromatic rings. The Morgan fingerprint density at radius 2 is 2.19 bits per heavy atom. The van der Waals surface area contributed by atoms with E-state index in [1.165, 1.54) is 4.68 Å². The molecular formula is C10H17N3O3. The van der Waals surface area contributed by atoms with Gasteiger partial charge in [-0.05, 0) is 20.8 Å². The summed E-state index contributed by atoms with van der Waals surface area (Å²) in [5.74, 6) is -0.506. The molecule has 1 aromatic heterocycles. The molecule has 0 amide bonds. The van der Waals surface area contributed by atoms with E-state index in [0.717, 1.165) is 0 Å². The third-order valence-corrected chi connectivity index (χ3v) is 2.14. The van der Waals surface area contributed by atoms with Gasteiger partial charge < -0.3 is 15.2 Å². The Morgan fingerprint density at radius 3 is 2.75 bits per heavy atom. The van der Waals surface area contributed by atoms with E-state index >= 15 is 0 Å². The molecule has 1 rings (SSSR count). The topological polar surface area (TPSA) is 79.4 Å². The minimum absolute atomic E-state index is 0.0668. The van der Waals surface area contributed by atoms with Gasteiger partial charge in [0.25, 0.3) is 0 Å². The van der Waals surface area contributed by atoms with Crippen LogP contribution in [0.1, 0.15) is 30.0 Å². The van der Waals surface area contributed by atoms with Gasteiger partial charge in [-0.15, -0.1) is 0 Å². The second kappa shape index (κ2) is 5.50. The zero-order valence-electron chi connectivity index (χ0n) is 9.82. The van der Waals surface area contributed by atoms with Crippen LogP contribution < -0.4 is 5.73 Å². The van der Waals surface area contributed by atoms with Crippen LogP contribution in [0.25, 0.3) is 0 Å². The van der Waals surface area contributed by atoms with E-state index in [1.807, 2.05) is 13.8 Å². The van der Waals surface area contributed by atoms with Gasteiger partial charge in [-0.2, -0.15) is 5.10 Å². The lowest BCUT2D eigenvalue weighted by atomic mass is 10.3. The lowest BCUT2D eigenvalue weighted by Crippen LogP contribution is -2.15. The van der Waals surface area contributed by atoms with Crippen molar-refractivity contribution in [2.45, 2.75) is 27.3 Å². The van der Waals surface area contributed by atoms with Crippen LogP contribution in [0.2, 0.25) is 0 Å². The summed E-state index contributed by atoms with van der Waals surface area (Å²) in [4.78, 5) is 11.7. The SMILES string of the molecule is CCOCOC(=O)c1c(N)c(C)nn1CC. The van der Waals surface area contributed by atoms with Crippen molar-refractivity contribution < 1.29 is 14.3 Å². The van der Waals surface area contributed by atoms with Gasteiger partial charge in [0.2, 0.25) is 0 Å². The van der Waals surface area contributed by atoms with E-state index in [1.54, 1.807) is 6.92 Å². The molecule has 0 unspecified atom stereocenters. The minimum atomic E-state index is -0.506. The lowest BCUT2D eigenvalue weighted by Gasteiger charge is -2.06. The zero-order chi connectivity index (χ0) is 12.1. The Hall–Kier alpha value is -1.56. The smallest absolute Gasteiger partial charge is 0.360 e.